The second-order valence-corrected chi connectivity index (χ2v) is 11.3. The summed E-state index contributed by atoms with van der Waals surface area (Å²) in [6.45, 7) is 3.81. The van der Waals surface area contributed by atoms with Gasteiger partial charge in [-0.1, -0.05) is 32.1 Å². The van der Waals surface area contributed by atoms with Gasteiger partial charge in [-0.25, -0.2) is 8.42 Å². The monoisotopic (exact) mass is 529 g/mol. The molecule has 0 heterocycles. The van der Waals surface area contributed by atoms with Crippen molar-refractivity contribution in [2.45, 2.75) is 57.5 Å². The van der Waals surface area contributed by atoms with Crippen molar-refractivity contribution >= 4 is 27.5 Å². The molecule has 0 saturated heterocycles. The van der Waals surface area contributed by atoms with E-state index < -0.39 is 33.8 Å². The van der Waals surface area contributed by atoms with Gasteiger partial charge in [0.1, 0.15) is 17.5 Å². The second kappa shape index (κ2) is 15.1. The summed E-state index contributed by atoms with van der Waals surface area (Å²) in [5.41, 5.74) is 11.8. The van der Waals surface area contributed by atoms with Gasteiger partial charge in [0.05, 0.1) is 32.8 Å². The number of quaternary nitrogens is 3. The molecule has 1 saturated carbocycles. The maximum absolute atomic E-state index is 13.2. The van der Waals surface area contributed by atoms with Crippen LogP contribution in [0, 0.1) is 5.92 Å². The number of benzene rings is 1. The molecule has 1 aromatic carbocycles. The van der Waals surface area contributed by atoms with Crippen LogP contribution < -0.4 is 32.6 Å². The summed E-state index contributed by atoms with van der Waals surface area (Å²) in [6, 6.07) is 5.20. The van der Waals surface area contributed by atoms with Crippen molar-refractivity contribution in [1.82, 2.24) is 9.62 Å². The first-order chi connectivity index (χ1) is 17.2. The van der Waals surface area contributed by atoms with E-state index in [0.717, 1.165) is 25.7 Å². The molecule has 2 amide bonds. The number of ether oxygens (including phenoxy) is 1. The van der Waals surface area contributed by atoms with E-state index in [0.29, 0.717) is 43.5 Å². The molecule has 204 valence electrons. The Morgan fingerprint density at radius 3 is 2.22 bits per heavy atom. The van der Waals surface area contributed by atoms with Crippen molar-refractivity contribution in [3.8, 4) is 5.75 Å². The van der Waals surface area contributed by atoms with Gasteiger partial charge in [-0.15, -0.1) is 0 Å². The summed E-state index contributed by atoms with van der Waals surface area (Å²) in [5, 5.41) is 5.67. The zero-order valence-corrected chi connectivity index (χ0v) is 22.4. The number of carbonyl (C=O) groups excluding carboxylic acids is 2. The molecule has 0 aromatic heterocycles. The first-order valence-electron chi connectivity index (χ1n) is 12.9. The van der Waals surface area contributed by atoms with Crippen LogP contribution in [0.2, 0.25) is 0 Å². The van der Waals surface area contributed by atoms with E-state index >= 15 is 0 Å². The Kier molecular flexibility index (Phi) is 12.6. The number of rotatable bonds is 15. The molecule has 2 atom stereocenters. The van der Waals surface area contributed by atoms with E-state index in [1.54, 1.807) is 24.3 Å². The van der Waals surface area contributed by atoms with Gasteiger partial charge in [0.25, 0.3) is 5.91 Å². The number of amides is 2. The number of nitrogens with one attached hydrogen (secondary N) is 2. The van der Waals surface area contributed by atoms with Crippen LogP contribution in [0.5, 0.6) is 5.75 Å². The smallest absolute Gasteiger partial charge is 0.279 e. The fraction of sp³-hybridized carbons (Fsp3) is 0.667. The quantitative estimate of drug-likeness (QED) is 0.179. The summed E-state index contributed by atoms with van der Waals surface area (Å²) in [4.78, 5) is 26.2. The fourth-order valence-corrected chi connectivity index (χ4v) is 6.17. The minimum atomic E-state index is -3.71. The molecule has 0 aliphatic heterocycles. The number of carbonyl (C=O) groups is 2. The molecule has 1 fully saturated rings. The highest BCUT2D eigenvalue weighted by molar-refractivity contribution is 7.89. The summed E-state index contributed by atoms with van der Waals surface area (Å²) < 4.78 is 32.4. The van der Waals surface area contributed by atoms with E-state index in [4.69, 9.17) is 4.74 Å². The minimum Gasteiger partial charge on any atom is -0.494 e. The van der Waals surface area contributed by atoms with Gasteiger partial charge in [0.2, 0.25) is 15.9 Å². The molecule has 11 nitrogen and oxygen atoms in total. The van der Waals surface area contributed by atoms with E-state index in [9.17, 15) is 18.0 Å². The zero-order valence-electron chi connectivity index (χ0n) is 21.5. The first kappa shape index (κ1) is 30.0. The summed E-state index contributed by atoms with van der Waals surface area (Å²) in [5.74, 6) is -0.286. The third-order valence-electron chi connectivity index (χ3n) is 6.35. The van der Waals surface area contributed by atoms with E-state index in [1.807, 2.05) is 6.92 Å². The van der Waals surface area contributed by atoms with Crippen molar-refractivity contribution in [3.63, 3.8) is 0 Å². The molecule has 0 bridgehead atoms. The molecular weight excluding hydrogens is 484 g/mol. The molecule has 1 unspecified atom stereocenters. The third kappa shape index (κ3) is 9.66. The molecule has 36 heavy (non-hydrogen) atoms. The molecule has 0 spiro atoms. The van der Waals surface area contributed by atoms with Crippen LogP contribution in [0.1, 0.15) is 45.4 Å². The number of nitrogens with zero attached hydrogens (tertiary/aromatic N) is 1. The van der Waals surface area contributed by atoms with E-state index in [2.05, 4.69) is 27.8 Å². The number of hydrogen-bond acceptors (Lipinski definition) is 5. The lowest BCUT2D eigenvalue weighted by atomic mass is 9.84. The van der Waals surface area contributed by atoms with Crippen LogP contribution >= 0.6 is 0 Å². The van der Waals surface area contributed by atoms with Crippen LogP contribution in [0.3, 0.4) is 0 Å². The van der Waals surface area contributed by atoms with Crippen LogP contribution in [0.4, 0.5) is 5.69 Å². The molecular formula is C24H45N6O5S+3. The Balaban J connectivity index is 2.09. The van der Waals surface area contributed by atoms with Crippen LogP contribution in [0.25, 0.3) is 0 Å². The van der Waals surface area contributed by atoms with Gasteiger partial charge in [-0.3, -0.25) is 9.59 Å². The maximum Gasteiger partial charge on any atom is 0.279 e. The normalized spacial score (nSPS) is 16.4. The van der Waals surface area contributed by atoms with Crippen molar-refractivity contribution in [1.29, 1.82) is 0 Å². The van der Waals surface area contributed by atoms with Crippen LogP contribution in [-0.4, -0.2) is 75.2 Å². The third-order valence-corrected chi connectivity index (χ3v) is 8.33. The van der Waals surface area contributed by atoms with Gasteiger partial charge < -0.3 is 32.6 Å². The molecule has 11 N–H and O–H groups in total. The van der Waals surface area contributed by atoms with Gasteiger partial charge in [-0.05, 0) is 43.5 Å². The fourth-order valence-electron chi connectivity index (χ4n) is 4.49. The number of sulfonamides is 1. The molecule has 0 radical (unpaired) electrons. The van der Waals surface area contributed by atoms with E-state index in [1.165, 1.54) is 10.7 Å². The van der Waals surface area contributed by atoms with Gasteiger partial charge >= 0.3 is 0 Å². The Hall–Kier alpha value is -2.25. The predicted molar refractivity (Wildman–Crippen MR) is 137 cm³/mol. The first-order valence-corrected chi connectivity index (χ1v) is 14.5. The van der Waals surface area contributed by atoms with Crippen molar-refractivity contribution in [2.24, 2.45) is 5.92 Å². The second-order valence-electron chi connectivity index (χ2n) is 9.33. The van der Waals surface area contributed by atoms with Crippen LogP contribution in [0.15, 0.2) is 24.3 Å². The topological polar surface area (TPSA) is 188 Å². The van der Waals surface area contributed by atoms with E-state index in [-0.39, 0.29) is 19.0 Å². The highest BCUT2D eigenvalue weighted by Crippen LogP contribution is 2.28. The van der Waals surface area contributed by atoms with Crippen LogP contribution in [-0.2, 0) is 19.6 Å². The highest BCUT2D eigenvalue weighted by atomic mass is 32.2. The average molecular weight is 530 g/mol. The SMILES string of the molecule is CCOc1ccc(NC(=O)[C@H](CC2CCCCC2)NC(=O)C([NH3+])CS(=O)(=O)N(CC[NH3+])CC[NH3+])cc1. The molecule has 1 aliphatic carbocycles. The lowest BCUT2D eigenvalue weighted by Crippen LogP contribution is -2.72. The maximum atomic E-state index is 13.2. The van der Waals surface area contributed by atoms with Gasteiger partial charge in [-0.2, -0.15) is 4.31 Å². The number of hydrogen-bond donors (Lipinski definition) is 5. The van der Waals surface area contributed by atoms with Gasteiger partial charge in [0.15, 0.2) is 6.04 Å². The Morgan fingerprint density at radius 2 is 1.67 bits per heavy atom. The summed E-state index contributed by atoms with van der Waals surface area (Å²) in [7, 11) is -3.71. The lowest BCUT2D eigenvalue weighted by Gasteiger charge is -2.27. The highest BCUT2D eigenvalue weighted by Gasteiger charge is 2.33. The van der Waals surface area contributed by atoms with Crippen molar-refractivity contribution < 1.29 is 39.9 Å². The molecule has 1 aliphatic rings. The zero-order chi connectivity index (χ0) is 26.6. The van der Waals surface area contributed by atoms with Crippen molar-refractivity contribution in [3.05, 3.63) is 24.3 Å². The molecule has 1 aromatic rings. The average Bonchev–Trinajstić information content (AvgIpc) is 2.85. The Morgan fingerprint density at radius 1 is 1.06 bits per heavy atom. The largest absolute Gasteiger partial charge is 0.494 e. The summed E-state index contributed by atoms with van der Waals surface area (Å²) >= 11 is 0. The Bertz CT molecular complexity index is 915. The summed E-state index contributed by atoms with van der Waals surface area (Å²) in [6.07, 6.45) is 5.92. The minimum absolute atomic E-state index is 0.265. The standard InChI is InChI=1S/C24H42N6O5S/c1-2-35-20-10-8-19(9-11-20)28-24(32)22(16-18-6-4-3-5-7-18)29-23(31)21(27)17-36(33,34)30(14-12-25)15-13-26/h8-11,18,21-22H,2-7,12-17,25-27H2,1H3,(H,28,32)(H,29,31)/p+3/t21?,22-/m0/s1. The number of anilines is 1. The Labute approximate surface area is 214 Å². The lowest BCUT2D eigenvalue weighted by molar-refractivity contribution is -0.397. The predicted octanol–water partition coefficient (Wildman–Crippen LogP) is -1.79. The molecule has 2 rings (SSSR count). The molecule has 12 heteroatoms. The van der Waals surface area contributed by atoms with Gasteiger partial charge in [0, 0.05) is 5.69 Å². The van der Waals surface area contributed by atoms with Crippen molar-refractivity contribution in [2.75, 3.05) is 43.9 Å².